The van der Waals surface area contributed by atoms with Crippen LogP contribution in [0.2, 0.25) is 0 Å². The molecule has 2 amide bonds. The second-order valence-electron chi connectivity index (χ2n) is 11.2. The summed E-state index contributed by atoms with van der Waals surface area (Å²) >= 11 is 1.26. The van der Waals surface area contributed by atoms with Crippen LogP contribution in [0.1, 0.15) is 32.8 Å². The third kappa shape index (κ3) is 6.17. The van der Waals surface area contributed by atoms with E-state index < -0.39 is 41.3 Å². The van der Waals surface area contributed by atoms with Gasteiger partial charge in [0, 0.05) is 31.5 Å². The third-order valence-electron chi connectivity index (χ3n) is 6.90. The molecule has 1 aliphatic heterocycles. The van der Waals surface area contributed by atoms with E-state index >= 15 is 4.39 Å². The van der Waals surface area contributed by atoms with Gasteiger partial charge in [-0.2, -0.15) is 5.26 Å². The molecule has 0 aliphatic carbocycles. The number of amides is 2. The first-order chi connectivity index (χ1) is 19.9. The minimum Gasteiger partial charge on any atom is -0.444 e. The Balaban J connectivity index is 1.31. The summed E-state index contributed by atoms with van der Waals surface area (Å²) in [5.74, 6) is -1.47. The van der Waals surface area contributed by atoms with E-state index in [1.165, 1.54) is 20.8 Å². The van der Waals surface area contributed by atoms with Crippen LogP contribution in [-0.4, -0.2) is 58.9 Å². The summed E-state index contributed by atoms with van der Waals surface area (Å²) in [7, 11) is 1.62. The van der Waals surface area contributed by atoms with E-state index in [4.69, 9.17) is 13.9 Å². The molecular weight excluding hydrogens is 563 g/mol. The molecule has 1 saturated heterocycles. The van der Waals surface area contributed by atoms with Crippen LogP contribution < -0.4 is 11.1 Å². The van der Waals surface area contributed by atoms with Crippen molar-refractivity contribution < 1.29 is 27.9 Å². The number of thiophene rings is 1. The molecule has 5 rings (SSSR count). The molecule has 220 valence electrons. The molecule has 0 bridgehead atoms. The van der Waals surface area contributed by atoms with Gasteiger partial charge in [-0.1, -0.05) is 12.1 Å². The fourth-order valence-corrected chi connectivity index (χ4v) is 5.90. The molecule has 3 heterocycles. The minimum atomic E-state index is -1.02. The molecule has 0 saturated carbocycles. The summed E-state index contributed by atoms with van der Waals surface area (Å²) in [6.07, 6.45) is -1.05. The zero-order valence-electron chi connectivity index (χ0n) is 23.7. The quantitative estimate of drug-likeness (QED) is 0.354. The molecule has 1 N–H and O–H groups in total. The van der Waals surface area contributed by atoms with Gasteiger partial charge < -0.3 is 24.1 Å². The maximum Gasteiger partial charge on any atom is 0.419 e. The lowest BCUT2D eigenvalue weighted by Crippen LogP contribution is -2.48. The summed E-state index contributed by atoms with van der Waals surface area (Å²) in [4.78, 5) is 39.7. The number of benzene rings is 2. The molecule has 4 aromatic rings. The zero-order valence-corrected chi connectivity index (χ0v) is 24.5. The summed E-state index contributed by atoms with van der Waals surface area (Å²) < 4.78 is 33.8. The van der Waals surface area contributed by atoms with Gasteiger partial charge in [-0.15, -0.1) is 11.3 Å². The molecule has 42 heavy (non-hydrogen) atoms. The van der Waals surface area contributed by atoms with Crippen molar-refractivity contribution in [1.29, 1.82) is 5.26 Å². The molecular formula is C30H31FN4O6S. The predicted octanol–water partition coefficient (Wildman–Crippen LogP) is 4.73. The summed E-state index contributed by atoms with van der Waals surface area (Å²) in [6, 6.07) is 11.6. The van der Waals surface area contributed by atoms with Crippen molar-refractivity contribution in [1.82, 2.24) is 14.8 Å². The second-order valence-corrected chi connectivity index (χ2v) is 12.3. The number of nitrogens with one attached hydrogen (secondary N) is 1. The van der Waals surface area contributed by atoms with Crippen LogP contribution in [0.5, 0.6) is 0 Å². The number of carbonyl (C=O) groups excluding carboxylic acids is 2. The molecule has 12 heteroatoms. The Morgan fingerprint density at radius 3 is 2.79 bits per heavy atom. The van der Waals surface area contributed by atoms with E-state index in [0.29, 0.717) is 34.2 Å². The molecule has 2 aromatic carbocycles. The molecule has 0 radical (unpaired) electrons. The summed E-state index contributed by atoms with van der Waals surface area (Å²) in [5, 5.41) is 13.1. The Morgan fingerprint density at radius 1 is 1.26 bits per heavy atom. The fourth-order valence-electron chi connectivity index (χ4n) is 4.78. The first-order valence-corrected chi connectivity index (χ1v) is 14.4. The number of nitriles is 1. The highest BCUT2D eigenvalue weighted by Crippen LogP contribution is 2.37. The van der Waals surface area contributed by atoms with Crippen LogP contribution in [-0.2, 0) is 27.7 Å². The maximum atomic E-state index is 15.7. The number of aromatic nitrogens is 1. The first-order valence-electron chi connectivity index (χ1n) is 13.5. The number of hydrogen-bond donors (Lipinski definition) is 1. The molecule has 2 atom stereocenters. The molecule has 1 aliphatic rings. The fraction of sp³-hybridized carbons (Fsp3) is 0.400. The number of ether oxygens (including phenoxy) is 2. The molecule has 10 nitrogen and oxygen atoms in total. The highest BCUT2D eigenvalue weighted by atomic mass is 32.1. The van der Waals surface area contributed by atoms with Gasteiger partial charge in [-0.3, -0.25) is 9.36 Å². The lowest BCUT2D eigenvalue weighted by molar-refractivity contribution is -0.133. The van der Waals surface area contributed by atoms with Crippen LogP contribution in [0.15, 0.2) is 45.6 Å². The largest absolute Gasteiger partial charge is 0.444 e. The van der Waals surface area contributed by atoms with Gasteiger partial charge >= 0.3 is 11.8 Å². The number of aryl methyl sites for hydroxylation is 1. The number of rotatable bonds is 5. The number of oxazole rings is 1. The van der Waals surface area contributed by atoms with Gasteiger partial charge in [0.05, 0.1) is 22.8 Å². The number of carbonyl (C=O) groups is 2. The van der Waals surface area contributed by atoms with E-state index in [1.54, 1.807) is 46.0 Å². The summed E-state index contributed by atoms with van der Waals surface area (Å²) in [5.41, 5.74) is 1.52. The third-order valence-corrected chi connectivity index (χ3v) is 8.09. The van der Waals surface area contributed by atoms with E-state index in [2.05, 4.69) is 5.32 Å². The summed E-state index contributed by atoms with van der Waals surface area (Å²) in [6.45, 7) is 5.92. The van der Waals surface area contributed by atoms with Crippen molar-refractivity contribution >= 4 is 44.5 Å². The van der Waals surface area contributed by atoms with Crippen molar-refractivity contribution in [3.63, 3.8) is 0 Å². The highest BCUT2D eigenvalue weighted by molar-refractivity contribution is 7.22. The first kappa shape index (κ1) is 29.3. The molecule has 1 unspecified atom stereocenters. The van der Waals surface area contributed by atoms with Crippen molar-refractivity contribution in [3.8, 4) is 16.5 Å². The van der Waals surface area contributed by atoms with Gasteiger partial charge in [-0.25, -0.2) is 14.0 Å². The highest BCUT2D eigenvalue weighted by Gasteiger charge is 2.31. The van der Waals surface area contributed by atoms with Crippen molar-refractivity contribution in [3.05, 3.63) is 58.3 Å². The van der Waals surface area contributed by atoms with Crippen LogP contribution in [0.4, 0.5) is 9.18 Å². The average Bonchev–Trinajstić information content (AvgIpc) is 3.38. The van der Waals surface area contributed by atoms with Gasteiger partial charge in [0.15, 0.2) is 11.7 Å². The smallest absolute Gasteiger partial charge is 0.419 e. The number of fused-ring (bicyclic) bond motifs is 2. The normalized spacial score (nSPS) is 16.7. The molecule has 2 aromatic heterocycles. The maximum absolute atomic E-state index is 15.7. The van der Waals surface area contributed by atoms with Crippen LogP contribution in [0.3, 0.4) is 0 Å². The van der Waals surface area contributed by atoms with E-state index in [1.807, 2.05) is 24.3 Å². The van der Waals surface area contributed by atoms with Crippen molar-refractivity contribution in [2.24, 2.45) is 7.05 Å². The van der Waals surface area contributed by atoms with E-state index in [0.717, 1.165) is 10.4 Å². The Bertz CT molecular complexity index is 1760. The van der Waals surface area contributed by atoms with E-state index in [9.17, 15) is 19.6 Å². The van der Waals surface area contributed by atoms with Crippen LogP contribution in [0.25, 0.3) is 31.6 Å². The Labute approximate surface area is 245 Å². The lowest BCUT2D eigenvalue weighted by Gasteiger charge is -2.27. The SMILES string of the molecule is Cn1c(=O)oc2ccc(-c3cc4ccc(CC(C#N)NC(=O)[C@@H]5CN(C(=O)OC(C)(C)C)CCCO5)c(F)c4s3)cc21. The topological polar surface area (TPSA) is 127 Å². The van der Waals surface area contributed by atoms with Gasteiger partial charge in [0.2, 0.25) is 0 Å². The monoisotopic (exact) mass is 594 g/mol. The Morgan fingerprint density at radius 2 is 2.05 bits per heavy atom. The van der Waals surface area contributed by atoms with Crippen molar-refractivity contribution in [2.45, 2.75) is 51.4 Å². The van der Waals surface area contributed by atoms with Crippen LogP contribution >= 0.6 is 11.3 Å². The zero-order chi connectivity index (χ0) is 30.2. The minimum absolute atomic E-state index is 0.0179. The molecule has 0 spiro atoms. The van der Waals surface area contributed by atoms with Gasteiger partial charge in [0.25, 0.3) is 5.91 Å². The predicted molar refractivity (Wildman–Crippen MR) is 156 cm³/mol. The van der Waals surface area contributed by atoms with Gasteiger partial charge in [-0.05, 0) is 68.0 Å². The molecule has 1 fully saturated rings. The number of hydrogen-bond acceptors (Lipinski definition) is 8. The number of halogens is 1. The Hall–Kier alpha value is -4.21. The van der Waals surface area contributed by atoms with Crippen LogP contribution in [0, 0.1) is 17.1 Å². The van der Waals surface area contributed by atoms with E-state index in [-0.39, 0.29) is 25.1 Å². The standard InChI is InChI=1S/C30H31FN4O6S/c1-30(2,3)41-29(38)35-10-5-11-39-23(16-35)27(36)33-20(15-32)12-18-6-7-19-14-24(42-26(19)25(18)31)17-8-9-22-21(13-17)34(4)28(37)40-22/h6-9,13-14,20,23H,5,10-12,16H2,1-4H3,(H,33,36)/t20?,23-/m0/s1. The van der Waals surface area contributed by atoms with Crippen molar-refractivity contribution in [2.75, 3.05) is 19.7 Å². The lowest BCUT2D eigenvalue weighted by atomic mass is 10.0. The van der Waals surface area contributed by atoms with Gasteiger partial charge in [0.1, 0.15) is 17.5 Å². The average molecular weight is 595 g/mol. The number of nitrogens with zero attached hydrogens (tertiary/aromatic N) is 3. The second kappa shape index (κ2) is 11.6. The Kier molecular flexibility index (Phi) is 8.08.